The fourth-order valence-corrected chi connectivity index (χ4v) is 3.12. The zero-order chi connectivity index (χ0) is 16.3. The minimum absolute atomic E-state index is 0.0911. The van der Waals surface area contributed by atoms with Gasteiger partial charge in [0.25, 0.3) is 0 Å². The Labute approximate surface area is 122 Å². The van der Waals surface area contributed by atoms with Crippen molar-refractivity contribution in [3.8, 4) is 6.07 Å². The molecule has 0 heterocycles. The number of benzene rings is 1. The average molecular weight is 314 g/mol. The Bertz CT molecular complexity index is 693. The molecule has 1 aromatic carbocycles. The molecule has 0 aliphatic heterocycles. The van der Waals surface area contributed by atoms with Crippen molar-refractivity contribution in [3.63, 3.8) is 0 Å². The first-order valence-electron chi connectivity index (χ1n) is 6.03. The van der Waals surface area contributed by atoms with Gasteiger partial charge in [-0.25, -0.2) is 17.5 Å². The van der Waals surface area contributed by atoms with Gasteiger partial charge in [0.1, 0.15) is 11.9 Å². The highest BCUT2D eigenvalue weighted by Gasteiger charge is 2.27. The first-order chi connectivity index (χ1) is 9.57. The first-order valence-corrected chi connectivity index (χ1v) is 7.51. The van der Waals surface area contributed by atoms with E-state index in [1.807, 2.05) is 0 Å². The third-order valence-corrected chi connectivity index (χ3v) is 4.44. The number of aliphatic carboxylic acids is 1. The zero-order valence-corrected chi connectivity index (χ0v) is 12.4. The van der Waals surface area contributed by atoms with Crippen LogP contribution in [-0.2, 0) is 14.8 Å². The van der Waals surface area contributed by atoms with Gasteiger partial charge in [-0.05, 0) is 38.5 Å². The van der Waals surface area contributed by atoms with Gasteiger partial charge in [-0.1, -0.05) is 0 Å². The second-order valence-electron chi connectivity index (χ2n) is 5.14. The molecule has 114 valence electrons. The smallest absolute Gasteiger partial charge is 0.303 e. The van der Waals surface area contributed by atoms with Crippen molar-refractivity contribution in [2.75, 3.05) is 0 Å². The third-order valence-electron chi connectivity index (χ3n) is 2.74. The molecule has 1 rings (SSSR count). The summed E-state index contributed by atoms with van der Waals surface area (Å²) in [6, 6.07) is 4.45. The van der Waals surface area contributed by atoms with Crippen molar-refractivity contribution in [3.05, 3.63) is 29.6 Å². The van der Waals surface area contributed by atoms with Gasteiger partial charge in [0.2, 0.25) is 10.0 Å². The third kappa shape index (κ3) is 4.81. The monoisotopic (exact) mass is 314 g/mol. The Balaban J connectivity index is 3.01. The maximum absolute atomic E-state index is 13.2. The number of halogens is 1. The fourth-order valence-electron chi connectivity index (χ4n) is 1.65. The summed E-state index contributed by atoms with van der Waals surface area (Å²) in [7, 11) is -3.98. The van der Waals surface area contributed by atoms with Crippen LogP contribution >= 0.6 is 0 Å². The van der Waals surface area contributed by atoms with Crippen molar-refractivity contribution in [2.24, 2.45) is 0 Å². The number of nitrogens with one attached hydrogen (secondary N) is 1. The van der Waals surface area contributed by atoms with Gasteiger partial charge in [0.15, 0.2) is 0 Å². The molecular formula is C13H15FN2O4S. The zero-order valence-electron chi connectivity index (χ0n) is 11.6. The Hall–Kier alpha value is -1.98. The van der Waals surface area contributed by atoms with Crippen molar-refractivity contribution in [1.29, 1.82) is 5.26 Å². The maximum atomic E-state index is 13.2. The lowest BCUT2D eigenvalue weighted by molar-refractivity contribution is -0.137. The average Bonchev–Trinajstić information content (AvgIpc) is 2.35. The molecule has 8 heteroatoms. The molecule has 0 unspecified atom stereocenters. The van der Waals surface area contributed by atoms with Gasteiger partial charge in [0, 0.05) is 12.0 Å². The molecule has 0 atom stereocenters. The van der Waals surface area contributed by atoms with Crippen LogP contribution in [0.15, 0.2) is 23.1 Å². The summed E-state index contributed by atoms with van der Waals surface area (Å²) in [4.78, 5) is 10.3. The van der Waals surface area contributed by atoms with Crippen LogP contribution < -0.4 is 4.72 Å². The largest absolute Gasteiger partial charge is 0.481 e. The summed E-state index contributed by atoms with van der Waals surface area (Å²) in [5.74, 6) is -1.84. The van der Waals surface area contributed by atoms with Gasteiger partial charge < -0.3 is 5.11 Å². The van der Waals surface area contributed by atoms with E-state index in [4.69, 9.17) is 10.4 Å². The van der Waals surface area contributed by atoms with E-state index in [-0.39, 0.29) is 23.3 Å². The summed E-state index contributed by atoms with van der Waals surface area (Å²) < 4.78 is 39.9. The molecule has 0 saturated carbocycles. The number of sulfonamides is 1. The van der Waals surface area contributed by atoms with E-state index in [2.05, 4.69) is 4.72 Å². The van der Waals surface area contributed by atoms with Crippen LogP contribution in [0.25, 0.3) is 0 Å². The Morgan fingerprint density at radius 2 is 2.10 bits per heavy atom. The van der Waals surface area contributed by atoms with Crippen LogP contribution in [-0.4, -0.2) is 25.0 Å². The maximum Gasteiger partial charge on any atom is 0.303 e. The predicted molar refractivity (Wildman–Crippen MR) is 72.4 cm³/mol. The Morgan fingerprint density at radius 3 is 2.62 bits per heavy atom. The predicted octanol–water partition coefficient (Wildman–Crippen LogP) is 1.62. The van der Waals surface area contributed by atoms with Gasteiger partial charge >= 0.3 is 5.97 Å². The number of carboxylic acid groups (broad SMARTS) is 1. The van der Waals surface area contributed by atoms with Crippen molar-refractivity contribution in [2.45, 2.75) is 37.1 Å². The number of hydrogen-bond acceptors (Lipinski definition) is 4. The van der Waals surface area contributed by atoms with Crippen LogP contribution in [0.5, 0.6) is 0 Å². The van der Waals surface area contributed by atoms with Crippen LogP contribution in [0.4, 0.5) is 4.39 Å². The lowest BCUT2D eigenvalue weighted by Crippen LogP contribution is -2.43. The Kier molecular flexibility index (Phi) is 5.04. The summed E-state index contributed by atoms with van der Waals surface area (Å²) in [5.41, 5.74) is -1.36. The summed E-state index contributed by atoms with van der Waals surface area (Å²) in [6.45, 7) is 3.09. The highest BCUT2D eigenvalue weighted by molar-refractivity contribution is 7.89. The standard InChI is InChI=1S/C13H15FN2O4S/c1-13(2,6-5-12(17)18)16-21(19,20)10-3-4-11(14)9(7-10)8-15/h3-4,7,16H,5-6H2,1-2H3,(H,17,18). The van der Waals surface area contributed by atoms with E-state index in [1.54, 1.807) is 19.9 Å². The molecule has 0 aromatic heterocycles. The summed E-state index contributed by atoms with van der Waals surface area (Å²) in [6.07, 6.45) is -0.101. The van der Waals surface area contributed by atoms with Crippen molar-refractivity contribution >= 4 is 16.0 Å². The number of rotatable bonds is 6. The van der Waals surface area contributed by atoms with E-state index in [1.165, 1.54) is 0 Å². The normalized spacial score (nSPS) is 11.9. The number of hydrogen-bond donors (Lipinski definition) is 2. The Morgan fingerprint density at radius 1 is 1.48 bits per heavy atom. The molecule has 0 amide bonds. The lowest BCUT2D eigenvalue weighted by atomic mass is 10.0. The van der Waals surface area contributed by atoms with Crippen LogP contribution in [0.3, 0.4) is 0 Å². The quantitative estimate of drug-likeness (QED) is 0.829. The van der Waals surface area contributed by atoms with Crippen molar-refractivity contribution < 1.29 is 22.7 Å². The summed E-state index contributed by atoms with van der Waals surface area (Å²) >= 11 is 0. The van der Waals surface area contributed by atoms with E-state index in [9.17, 15) is 17.6 Å². The molecule has 0 aliphatic rings. The number of carbonyl (C=O) groups is 1. The van der Waals surface area contributed by atoms with E-state index in [0.29, 0.717) is 0 Å². The van der Waals surface area contributed by atoms with Crippen LogP contribution in [0.1, 0.15) is 32.3 Å². The molecule has 0 fully saturated rings. The molecule has 0 aliphatic carbocycles. The molecule has 21 heavy (non-hydrogen) atoms. The fraction of sp³-hybridized carbons (Fsp3) is 0.385. The van der Waals surface area contributed by atoms with Gasteiger partial charge in [-0.3, -0.25) is 4.79 Å². The highest BCUT2D eigenvalue weighted by Crippen LogP contribution is 2.19. The van der Waals surface area contributed by atoms with E-state index < -0.39 is 27.3 Å². The highest BCUT2D eigenvalue weighted by atomic mass is 32.2. The minimum Gasteiger partial charge on any atom is -0.481 e. The number of nitrogens with zero attached hydrogens (tertiary/aromatic N) is 1. The molecule has 6 nitrogen and oxygen atoms in total. The molecule has 1 aromatic rings. The molecule has 0 bridgehead atoms. The van der Waals surface area contributed by atoms with Gasteiger partial charge in [-0.2, -0.15) is 5.26 Å². The number of nitriles is 1. The topological polar surface area (TPSA) is 107 Å². The van der Waals surface area contributed by atoms with Gasteiger partial charge in [-0.15, -0.1) is 0 Å². The first kappa shape index (κ1) is 17.1. The second kappa shape index (κ2) is 6.20. The molecular weight excluding hydrogens is 299 g/mol. The summed E-state index contributed by atoms with van der Waals surface area (Å²) in [5, 5.41) is 17.4. The minimum atomic E-state index is -3.98. The van der Waals surface area contributed by atoms with Crippen LogP contribution in [0, 0.1) is 17.1 Å². The van der Waals surface area contributed by atoms with Crippen molar-refractivity contribution in [1.82, 2.24) is 4.72 Å². The van der Waals surface area contributed by atoms with E-state index in [0.717, 1.165) is 18.2 Å². The molecule has 0 saturated heterocycles. The second-order valence-corrected chi connectivity index (χ2v) is 6.82. The van der Waals surface area contributed by atoms with Crippen LogP contribution in [0.2, 0.25) is 0 Å². The SMILES string of the molecule is CC(C)(CCC(=O)O)NS(=O)(=O)c1ccc(F)c(C#N)c1. The van der Waals surface area contributed by atoms with E-state index >= 15 is 0 Å². The lowest BCUT2D eigenvalue weighted by Gasteiger charge is -2.25. The molecule has 0 radical (unpaired) electrons. The van der Waals surface area contributed by atoms with Gasteiger partial charge in [0.05, 0.1) is 10.5 Å². The molecule has 0 spiro atoms. The molecule has 2 N–H and O–H groups in total. The number of carboxylic acids is 1.